The lowest BCUT2D eigenvalue weighted by Crippen LogP contribution is -2.26. The second-order valence-electron chi connectivity index (χ2n) is 9.35. The van der Waals surface area contributed by atoms with E-state index >= 15 is 0 Å². The average Bonchev–Trinajstić information content (AvgIpc) is 2.89. The highest BCUT2D eigenvalue weighted by Crippen LogP contribution is 2.40. The average molecular weight is 521 g/mol. The fourth-order valence-corrected chi connectivity index (χ4v) is 5.79. The maximum absolute atomic E-state index is 11.8. The Kier molecular flexibility index (Phi) is 11.7. The number of benzene rings is 3. The topological polar surface area (TPSA) is 94.8 Å². The largest absolute Gasteiger partial charge is 0.481 e. The number of aliphatic carboxylic acids is 2. The lowest BCUT2D eigenvalue weighted by atomic mass is 9.96. The molecule has 3 aromatic carbocycles. The third-order valence-electron chi connectivity index (χ3n) is 6.42. The highest BCUT2D eigenvalue weighted by molar-refractivity contribution is 7.99. The summed E-state index contributed by atoms with van der Waals surface area (Å²) in [5.74, 6) is -2.20. The second kappa shape index (κ2) is 15.2. The molecule has 0 amide bonds. The normalized spacial score (nSPS) is 12.7. The zero-order valence-electron chi connectivity index (χ0n) is 21.1. The van der Waals surface area contributed by atoms with E-state index < -0.39 is 23.3 Å². The molecule has 0 unspecified atom stereocenters. The molecule has 37 heavy (non-hydrogen) atoms. The third kappa shape index (κ3) is 9.71. The summed E-state index contributed by atoms with van der Waals surface area (Å²) in [5.41, 5.74) is 3.89. The first-order chi connectivity index (χ1) is 17.9. The molecule has 0 aliphatic carbocycles. The molecule has 0 spiro atoms. The van der Waals surface area contributed by atoms with Crippen molar-refractivity contribution >= 4 is 23.7 Å². The molecular weight excluding hydrogens is 484 g/mol. The van der Waals surface area contributed by atoms with Crippen LogP contribution < -0.4 is 0 Å². The van der Waals surface area contributed by atoms with Crippen LogP contribution in [0.1, 0.15) is 66.0 Å². The summed E-state index contributed by atoms with van der Waals surface area (Å²) in [5, 5.41) is 28.6. The number of aryl methyl sites for hydroxylation is 2. The minimum absolute atomic E-state index is 0.108. The standard InChI is InChI=1S/C31H36O5S/c32-28(33)22-24-16-12-19-26(21-24)37-30(29(34)31(35)36)27-20-11-10-18-25(27)17-9-4-2-1-3-6-13-23-14-7-5-8-15-23/h5,7-8,10-12,14-16,18-21,29-30,34H,1-4,6,9,13,17,22H2,(H,32,33)(H,35,36)/t29-,30-/m1/s1. The molecule has 0 aliphatic rings. The summed E-state index contributed by atoms with van der Waals surface area (Å²) < 4.78 is 0. The minimum atomic E-state index is -1.58. The maximum Gasteiger partial charge on any atom is 0.334 e. The SMILES string of the molecule is O=C(O)Cc1cccc(S[C@H](c2ccccc2CCCCCCCCc2ccccc2)[C@@H](O)C(=O)O)c1. The molecule has 3 N–H and O–H groups in total. The summed E-state index contributed by atoms with van der Waals surface area (Å²) in [6.07, 6.45) is 7.16. The van der Waals surface area contributed by atoms with Gasteiger partial charge in [-0.25, -0.2) is 4.79 Å². The van der Waals surface area contributed by atoms with E-state index in [1.54, 1.807) is 18.2 Å². The van der Waals surface area contributed by atoms with Gasteiger partial charge in [-0.2, -0.15) is 0 Å². The third-order valence-corrected chi connectivity index (χ3v) is 7.71. The molecule has 0 aliphatic heterocycles. The summed E-state index contributed by atoms with van der Waals surface area (Å²) >= 11 is 1.26. The molecule has 0 radical (unpaired) electrons. The van der Waals surface area contributed by atoms with Gasteiger partial charge in [0.1, 0.15) is 0 Å². The molecule has 196 valence electrons. The van der Waals surface area contributed by atoms with Crippen LogP contribution in [0, 0.1) is 0 Å². The number of carboxylic acid groups (broad SMARTS) is 2. The van der Waals surface area contributed by atoms with E-state index in [0.29, 0.717) is 5.56 Å². The van der Waals surface area contributed by atoms with Crippen molar-refractivity contribution in [3.63, 3.8) is 0 Å². The minimum Gasteiger partial charge on any atom is -0.481 e. The van der Waals surface area contributed by atoms with E-state index in [1.807, 2.05) is 36.4 Å². The first-order valence-corrected chi connectivity index (χ1v) is 13.8. The van der Waals surface area contributed by atoms with E-state index in [4.69, 9.17) is 5.11 Å². The molecule has 0 saturated carbocycles. The van der Waals surface area contributed by atoms with Gasteiger partial charge in [0.25, 0.3) is 0 Å². The van der Waals surface area contributed by atoms with Crippen molar-refractivity contribution in [2.45, 2.75) is 74.0 Å². The van der Waals surface area contributed by atoms with E-state index in [1.165, 1.54) is 43.0 Å². The number of carboxylic acids is 2. The Balaban J connectivity index is 1.57. The van der Waals surface area contributed by atoms with Crippen molar-refractivity contribution in [1.29, 1.82) is 0 Å². The predicted molar refractivity (Wildman–Crippen MR) is 148 cm³/mol. The number of aliphatic hydroxyl groups excluding tert-OH is 1. The lowest BCUT2D eigenvalue weighted by Gasteiger charge is -2.23. The fourth-order valence-electron chi connectivity index (χ4n) is 4.51. The number of hydrogen-bond acceptors (Lipinski definition) is 4. The maximum atomic E-state index is 11.8. The van der Waals surface area contributed by atoms with Crippen molar-refractivity contribution < 1.29 is 24.9 Å². The van der Waals surface area contributed by atoms with Crippen molar-refractivity contribution in [2.24, 2.45) is 0 Å². The van der Waals surface area contributed by atoms with Crippen LogP contribution in [0.2, 0.25) is 0 Å². The summed E-state index contributed by atoms with van der Waals surface area (Å²) in [6.45, 7) is 0. The Labute approximate surface area is 223 Å². The predicted octanol–water partition coefficient (Wildman–Crippen LogP) is 6.72. The van der Waals surface area contributed by atoms with Gasteiger partial charge < -0.3 is 15.3 Å². The van der Waals surface area contributed by atoms with Gasteiger partial charge in [0.15, 0.2) is 6.10 Å². The highest BCUT2D eigenvalue weighted by Gasteiger charge is 2.30. The zero-order chi connectivity index (χ0) is 26.5. The van der Waals surface area contributed by atoms with Crippen LogP contribution in [0.25, 0.3) is 0 Å². The molecule has 0 bridgehead atoms. The summed E-state index contributed by atoms with van der Waals surface area (Å²) in [4.78, 5) is 23.6. The Morgan fingerprint density at radius 3 is 2.03 bits per heavy atom. The monoisotopic (exact) mass is 520 g/mol. The van der Waals surface area contributed by atoms with Crippen molar-refractivity contribution in [2.75, 3.05) is 0 Å². The van der Waals surface area contributed by atoms with Gasteiger partial charge in [-0.05, 0) is 60.1 Å². The molecule has 2 atom stereocenters. The van der Waals surface area contributed by atoms with E-state index in [-0.39, 0.29) is 6.42 Å². The number of aliphatic hydroxyl groups is 1. The Morgan fingerprint density at radius 1 is 0.703 bits per heavy atom. The van der Waals surface area contributed by atoms with Gasteiger partial charge in [0.05, 0.1) is 11.7 Å². The number of rotatable bonds is 16. The lowest BCUT2D eigenvalue weighted by molar-refractivity contribution is -0.146. The molecular formula is C31H36O5S. The van der Waals surface area contributed by atoms with Crippen LogP contribution >= 0.6 is 11.8 Å². The van der Waals surface area contributed by atoms with Crippen LogP contribution in [-0.4, -0.2) is 33.4 Å². The van der Waals surface area contributed by atoms with Crippen molar-refractivity contribution in [1.82, 2.24) is 0 Å². The molecule has 5 nitrogen and oxygen atoms in total. The first-order valence-electron chi connectivity index (χ1n) is 12.9. The number of hydrogen-bond donors (Lipinski definition) is 3. The van der Waals surface area contributed by atoms with E-state index in [2.05, 4.69) is 24.3 Å². The van der Waals surface area contributed by atoms with Crippen LogP contribution in [-0.2, 0) is 28.9 Å². The van der Waals surface area contributed by atoms with Crippen LogP contribution in [0.5, 0.6) is 0 Å². The van der Waals surface area contributed by atoms with Crippen LogP contribution in [0.15, 0.2) is 83.8 Å². The van der Waals surface area contributed by atoms with Gasteiger partial charge in [0, 0.05) is 4.90 Å². The van der Waals surface area contributed by atoms with Gasteiger partial charge in [0.2, 0.25) is 0 Å². The zero-order valence-corrected chi connectivity index (χ0v) is 21.9. The van der Waals surface area contributed by atoms with Crippen molar-refractivity contribution in [3.05, 3.63) is 101 Å². The summed E-state index contributed by atoms with van der Waals surface area (Å²) in [7, 11) is 0. The molecule has 0 heterocycles. The molecule has 0 aromatic heterocycles. The van der Waals surface area contributed by atoms with Crippen LogP contribution in [0.3, 0.4) is 0 Å². The van der Waals surface area contributed by atoms with Gasteiger partial charge >= 0.3 is 11.9 Å². The molecule has 3 rings (SSSR count). The molecule has 0 fully saturated rings. The number of thioether (sulfide) groups is 1. The second-order valence-corrected chi connectivity index (χ2v) is 10.6. The highest BCUT2D eigenvalue weighted by atomic mass is 32.2. The molecule has 0 saturated heterocycles. The first kappa shape index (κ1) is 28.5. The van der Waals surface area contributed by atoms with Gasteiger partial charge in [-0.1, -0.05) is 92.4 Å². The Morgan fingerprint density at radius 2 is 1.32 bits per heavy atom. The Hall–Kier alpha value is -3.09. The fraction of sp³-hybridized carbons (Fsp3) is 0.355. The van der Waals surface area contributed by atoms with Crippen molar-refractivity contribution in [3.8, 4) is 0 Å². The quantitative estimate of drug-likeness (QED) is 0.143. The van der Waals surface area contributed by atoms with Gasteiger partial charge in [-0.3, -0.25) is 4.79 Å². The van der Waals surface area contributed by atoms with Gasteiger partial charge in [-0.15, -0.1) is 11.8 Å². The van der Waals surface area contributed by atoms with E-state index in [0.717, 1.165) is 41.7 Å². The molecule has 3 aromatic rings. The van der Waals surface area contributed by atoms with E-state index in [9.17, 15) is 19.8 Å². The number of carbonyl (C=O) groups is 2. The summed E-state index contributed by atoms with van der Waals surface area (Å²) in [6, 6.07) is 25.4. The van der Waals surface area contributed by atoms with Crippen LogP contribution in [0.4, 0.5) is 0 Å². The number of unbranched alkanes of at least 4 members (excludes halogenated alkanes) is 5. The smallest absolute Gasteiger partial charge is 0.334 e. The Bertz CT molecular complexity index is 1130. The molecule has 6 heteroatoms.